The van der Waals surface area contributed by atoms with Gasteiger partial charge in [0.15, 0.2) is 0 Å². The van der Waals surface area contributed by atoms with Crippen LogP contribution in [-0.2, 0) is 9.31 Å². The summed E-state index contributed by atoms with van der Waals surface area (Å²) in [4.78, 5) is 0. The van der Waals surface area contributed by atoms with Gasteiger partial charge in [0.25, 0.3) is 0 Å². The number of alkyl halides is 3. The number of benzene rings is 1. The predicted octanol–water partition coefficient (Wildman–Crippen LogP) is 3.10. The Morgan fingerprint density at radius 1 is 1.05 bits per heavy atom. The topological polar surface area (TPSA) is 30.5 Å². The van der Waals surface area contributed by atoms with Crippen molar-refractivity contribution in [3.8, 4) is 0 Å². The highest BCUT2D eigenvalue weighted by molar-refractivity contribution is 6.62. The van der Waals surface area contributed by atoms with Crippen molar-refractivity contribution in [1.82, 2.24) is 0 Å². The molecule has 1 N–H and O–H groups in total. The zero-order valence-electron chi connectivity index (χ0n) is 12.8. The highest BCUT2D eigenvalue weighted by atomic mass is 19.4. The molecule has 8 heteroatoms. The van der Waals surface area contributed by atoms with Gasteiger partial charge >= 0.3 is 13.3 Å². The van der Waals surface area contributed by atoms with Gasteiger partial charge in [-0.25, -0.2) is 4.39 Å². The molecule has 0 aliphatic carbocycles. The summed E-state index contributed by atoms with van der Waals surface area (Å²) in [6.45, 7) is 6.13. The highest BCUT2D eigenvalue weighted by Gasteiger charge is 2.51. The SMILES string of the molecule is CC1(C)OB(c2cc(F)cc(NCC(F)(F)F)c2)OC1(C)C. The smallest absolute Gasteiger partial charge is 0.399 e. The van der Waals surface area contributed by atoms with Gasteiger partial charge in [0.2, 0.25) is 0 Å². The summed E-state index contributed by atoms with van der Waals surface area (Å²) in [7, 11) is -0.827. The van der Waals surface area contributed by atoms with Gasteiger partial charge in [-0.2, -0.15) is 13.2 Å². The number of hydrogen-bond acceptors (Lipinski definition) is 3. The monoisotopic (exact) mass is 319 g/mol. The highest BCUT2D eigenvalue weighted by Crippen LogP contribution is 2.36. The Balaban J connectivity index is 2.21. The lowest BCUT2D eigenvalue weighted by molar-refractivity contribution is -0.115. The molecule has 0 radical (unpaired) electrons. The minimum atomic E-state index is -4.38. The summed E-state index contributed by atoms with van der Waals surface area (Å²) in [5, 5.41) is 2.15. The summed E-state index contributed by atoms with van der Waals surface area (Å²) >= 11 is 0. The Bertz CT molecular complexity index is 544. The molecule has 122 valence electrons. The van der Waals surface area contributed by atoms with Crippen LogP contribution in [0.3, 0.4) is 0 Å². The van der Waals surface area contributed by atoms with E-state index in [4.69, 9.17) is 9.31 Å². The van der Waals surface area contributed by atoms with E-state index in [0.717, 1.165) is 6.07 Å². The summed E-state index contributed by atoms with van der Waals surface area (Å²) < 4.78 is 61.9. The van der Waals surface area contributed by atoms with E-state index in [9.17, 15) is 17.6 Å². The molecule has 0 atom stereocenters. The first-order valence-corrected chi connectivity index (χ1v) is 6.86. The largest absolute Gasteiger partial charge is 0.495 e. The summed E-state index contributed by atoms with van der Waals surface area (Å²) in [5.41, 5.74) is -0.849. The summed E-state index contributed by atoms with van der Waals surface area (Å²) in [6, 6.07) is 3.60. The van der Waals surface area contributed by atoms with Crippen LogP contribution in [0.2, 0.25) is 0 Å². The second-order valence-corrected chi connectivity index (χ2v) is 6.33. The Labute approximate surface area is 127 Å². The van der Waals surface area contributed by atoms with Crippen molar-refractivity contribution in [2.75, 3.05) is 11.9 Å². The van der Waals surface area contributed by atoms with E-state index in [1.165, 1.54) is 12.1 Å². The molecule has 0 unspecified atom stereocenters. The second-order valence-electron chi connectivity index (χ2n) is 6.33. The molecule has 1 saturated heterocycles. The molecule has 0 bridgehead atoms. The second kappa shape index (κ2) is 5.42. The van der Waals surface area contributed by atoms with Crippen molar-refractivity contribution < 1.29 is 26.9 Å². The maximum Gasteiger partial charge on any atom is 0.495 e. The quantitative estimate of drug-likeness (QED) is 0.686. The normalized spacial score (nSPS) is 20.3. The van der Waals surface area contributed by atoms with Crippen LogP contribution in [-0.4, -0.2) is 31.0 Å². The summed E-state index contributed by atoms with van der Waals surface area (Å²) in [6.07, 6.45) is -4.38. The van der Waals surface area contributed by atoms with Crippen molar-refractivity contribution in [1.29, 1.82) is 0 Å². The lowest BCUT2D eigenvalue weighted by atomic mass is 9.79. The number of halogens is 4. The minimum Gasteiger partial charge on any atom is -0.399 e. The standard InChI is InChI=1S/C14H18BF4NO2/c1-12(2)13(3,4)22-15(21-12)9-5-10(16)7-11(6-9)20-8-14(17,18)19/h5-7,20H,8H2,1-4H3. The zero-order chi connectivity index (χ0) is 16.8. The molecule has 1 fully saturated rings. The number of nitrogens with one attached hydrogen (secondary N) is 1. The first kappa shape index (κ1) is 17.1. The van der Waals surface area contributed by atoms with Crippen LogP contribution in [0, 0.1) is 5.82 Å². The van der Waals surface area contributed by atoms with E-state index < -0.39 is 36.9 Å². The van der Waals surface area contributed by atoms with Gasteiger partial charge in [-0.1, -0.05) is 0 Å². The Kier molecular flexibility index (Phi) is 4.21. The van der Waals surface area contributed by atoms with Crippen LogP contribution in [0.15, 0.2) is 18.2 Å². The van der Waals surface area contributed by atoms with Crippen molar-refractivity contribution in [3.05, 3.63) is 24.0 Å². The Hall–Kier alpha value is -1.28. The lowest BCUT2D eigenvalue weighted by Crippen LogP contribution is -2.41. The van der Waals surface area contributed by atoms with Crippen LogP contribution in [0.25, 0.3) is 0 Å². The van der Waals surface area contributed by atoms with Gasteiger partial charge in [0.05, 0.1) is 11.2 Å². The molecule has 0 amide bonds. The molecular weight excluding hydrogens is 301 g/mol. The fraction of sp³-hybridized carbons (Fsp3) is 0.571. The predicted molar refractivity (Wildman–Crippen MR) is 76.7 cm³/mol. The van der Waals surface area contributed by atoms with Crippen LogP contribution >= 0.6 is 0 Å². The lowest BCUT2D eigenvalue weighted by Gasteiger charge is -2.32. The van der Waals surface area contributed by atoms with E-state index >= 15 is 0 Å². The van der Waals surface area contributed by atoms with Crippen molar-refractivity contribution in [2.45, 2.75) is 45.1 Å². The molecule has 1 aliphatic heterocycles. The molecule has 0 saturated carbocycles. The first-order chi connectivity index (χ1) is 9.90. The molecule has 22 heavy (non-hydrogen) atoms. The fourth-order valence-corrected chi connectivity index (χ4v) is 2.03. The molecule has 1 heterocycles. The number of hydrogen-bond donors (Lipinski definition) is 1. The third-order valence-electron chi connectivity index (χ3n) is 3.94. The molecular formula is C14H18BF4NO2. The van der Waals surface area contributed by atoms with Crippen molar-refractivity contribution in [3.63, 3.8) is 0 Å². The molecule has 1 aliphatic rings. The molecule has 0 spiro atoms. The van der Waals surface area contributed by atoms with E-state index in [-0.39, 0.29) is 5.69 Å². The molecule has 1 aromatic rings. The maximum absolute atomic E-state index is 13.7. The number of anilines is 1. The van der Waals surface area contributed by atoms with E-state index in [1.807, 2.05) is 27.7 Å². The van der Waals surface area contributed by atoms with Gasteiger partial charge in [-0.15, -0.1) is 0 Å². The van der Waals surface area contributed by atoms with Crippen LogP contribution in [0.4, 0.5) is 23.2 Å². The third-order valence-corrected chi connectivity index (χ3v) is 3.94. The Morgan fingerprint density at radius 3 is 2.09 bits per heavy atom. The summed E-state index contributed by atoms with van der Waals surface area (Å²) in [5.74, 6) is -0.656. The fourth-order valence-electron chi connectivity index (χ4n) is 2.03. The number of rotatable bonds is 3. The van der Waals surface area contributed by atoms with Gasteiger partial charge < -0.3 is 14.6 Å². The Morgan fingerprint density at radius 2 is 1.59 bits per heavy atom. The molecule has 0 aromatic heterocycles. The van der Waals surface area contributed by atoms with Crippen molar-refractivity contribution in [2.24, 2.45) is 0 Å². The van der Waals surface area contributed by atoms with Gasteiger partial charge in [-0.05, 0) is 51.4 Å². The zero-order valence-corrected chi connectivity index (χ0v) is 12.8. The van der Waals surface area contributed by atoms with Gasteiger partial charge in [0, 0.05) is 5.69 Å². The van der Waals surface area contributed by atoms with Gasteiger partial charge in [-0.3, -0.25) is 0 Å². The molecule has 1 aromatic carbocycles. The third kappa shape index (κ3) is 3.73. The van der Waals surface area contributed by atoms with Crippen LogP contribution in [0.5, 0.6) is 0 Å². The first-order valence-electron chi connectivity index (χ1n) is 6.86. The average Bonchev–Trinajstić information content (AvgIpc) is 2.55. The van der Waals surface area contributed by atoms with Crippen LogP contribution < -0.4 is 10.8 Å². The molecule has 2 rings (SSSR count). The van der Waals surface area contributed by atoms with Gasteiger partial charge in [0.1, 0.15) is 12.4 Å². The van der Waals surface area contributed by atoms with E-state index in [2.05, 4.69) is 5.32 Å². The molecule has 3 nitrogen and oxygen atoms in total. The van der Waals surface area contributed by atoms with E-state index in [0.29, 0.717) is 5.46 Å². The maximum atomic E-state index is 13.7. The minimum absolute atomic E-state index is 0.0297. The van der Waals surface area contributed by atoms with E-state index in [1.54, 1.807) is 0 Å². The average molecular weight is 319 g/mol. The van der Waals surface area contributed by atoms with Crippen LogP contribution in [0.1, 0.15) is 27.7 Å². The van der Waals surface area contributed by atoms with Crippen molar-refractivity contribution >= 4 is 18.3 Å².